The SMILES string of the molecule is COc1cc(-c2coc(N)n2)c(OC)c(C)c1C. The highest BCUT2D eigenvalue weighted by Crippen LogP contribution is 2.39. The first-order valence-electron chi connectivity index (χ1n) is 5.52. The molecule has 2 rings (SSSR count). The van der Waals surface area contributed by atoms with Gasteiger partial charge in [0.05, 0.1) is 14.2 Å². The molecule has 5 heteroatoms. The van der Waals surface area contributed by atoms with Crippen molar-refractivity contribution < 1.29 is 13.9 Å². The van der Waals surface area contributed by atoms with Crippen LogP contribution in [-0.2, 0) is 0 Å². The van der Waals surface area contributed by atoms with Crippen LogP contribution in [0.4, 0.5) is 6.01 Å². The lowest BCUT2D eigenvalue weighted by Gasteiger charge is -2.15. The van der Waals surface area contributed by atoms with Crippen molar-refractivity contribution >= 4 is 6.01 Å². The van der Waals surface area contributed by atoms with Gasteiger partial charge in [-0.1, -0.05) is 0 Å². The van der Waals surface area contributed by atoms with Gasteiger partial charge in [0.1, 0.15) is 23.5 Å². The molecule has 1 aromatic carbocycles. The summed E-state index contributed by atoms with van der Waals surface area (Å²) in [6.45, 7) is 3.96. The summed E-state index contributed by atoms with van der Waals surface area (Å²) < 4.78 is 15.8. The van der Waals surface area contributed by atoms with E-state index < -0.39 is 0 Å². The van der Waals surface area contributed by atoms with Crippen molar-refractivity contribution in [2.24, 2.45) is 0 Å². The number of hydrogen-bond acceptors (Lipinski definition) is 5. The van der Waals surface area contributed by atoms with E-state index in [4.69, 9.17) is 19.6 Å². The van der Waals surface area contributed by atoms with Crippen molar-refractivity contribution in [1.29, 1.82) is 0 Å². The van der Waals surface area contributed by atoms with E-state index in [1.165, 1.54) is 6.26 Å². The van der Waals surface area contributed by atoms with Crippen LogP contribution in [0.3, 0.4) is 0 Å². The van der Waals surface area contributed by atoms with Crippen LogP contribution in [0.1, 0.15) is 11.1 Å². The molecule has 0 unspecified atom stereocenters. The van der Waals surface area contributed by atoms with Crippen molar-refractivity contribution in [3.63, 3.8) is 0 Å². The Labute approximate surface area is 106 Å². The smallest absolute Gasteiger partial charge is 0.292 e. The molecule has 0 aliphatic heterocycles. The number of rotatable bonds is 3. The lowest BCUT2D eigenvalue weighted by molar-refractivity contribution is 0.399. The molecular formula is C13H16N2O3. The third-order valence-electron chi connectivity index (χ3n) is 3.01. The number of nitrogen functional groups attached to an aromatic ring is 1. The Balaban J connectivity index is 2.69. The monoisotopic (exact) mass is 248 g/mol. The number of anilines is 1. The Morgan fingerprint density at radius 1 is 1.17 bits per heavy atom. The summed E-state index contributed by atoms with van der Waals surface area (Å²) >= 11 is 0. The molecule has 0 fully saturated rings. The van der Waals surface area contributed by atoms with Crippen LogP contribution in [0.5, 0.6) is 11.5 Å². The van der Waals surface area contributed by atoms with Crippen LogP contribution in [0.2, 0.25) is 0 Å². The van der Waals surface area contributed by atoms with Crippen LogP contribution < -0.4 is 15.2 Å². The fourth-order valence-electron chi connectivity index (χ4n) is 1.94. The zero-order valence-electron chi connectivity index (χ0n) is 10.9. The van der Waals surface area contributed by atoms with Gasteiger partial charge in [-0.15, -0.1) is 0 Å². The molecule has 0 aliphatic rings. The molecule has 0 saturated carbocycles. The molecule has 0 aliphatic carbocycles. The van der Waals surface area contributed by atoms with E-state index in [1.807, 2.05) is 19.9 Å². The molecule has 1 heterocycles. The largest absolute Gasteiger partial charge is 0.496 e. The summed E-state index contributed by atoms with van der Waals surface area (Å²) in [6.07, 6.45) is 1.50. The molecule has 2 N–H and O–H groups in total. The second-order valence-electron chi connectivity index (χ2n) is 3.98. The van der Waals surface area contributed by atoms with Gasteiger partial charge in [-0.3, -0.25) is 0 Å². The summed E-state index contributed by atoms with van der Waals surface area (Å²) in [6, 6.07) is 2.00. The highest BCUT2D eigenvalue weighted by atomic mass is 16.5. The second kappa shape index (κ2) is 4.60. The van der Waals surface area contributed by atoms with Crippen molar-refractivity contribution in [2.45, 2.75) is 13.8 Å². The predicted molar refractivity (Wildman–Crippen MR) is 68.9 cm³/mol. The summed E-state index contributed by atoms with van der Waals surface area (Å²) in [7, 11) is 3.26. The van der Waals surface area contributed by atoms with E-state index in [0.29, 0.717) is 5.69 Å². The van der Waals surface area contributed by atoms with E-state index in [9.17, 15) is 0 Å². The topological polar surface area (TPSA) is 70.5 Å². The van der Waals surface area contributed by atoms with Gasteiger partial charge < -0.3 is 19.6 Å². The normalized spacial score (nSPS) is 10.4. The predicted octanol–water partition coefficient (Wildman–Crippen LogP) is 2.56. The molecule has 1 aromatic heterocycles. The Morgan fingerprint density at radius 2 is 1.89 bits per heavy atom. The van der Waals surface area contributed by atoms with Crippen LogP contribution in [-0.4, -0.2) is 19.2 Å². The van der Waals surface area contributed by atoms with E-state index in [0.717, 1.165) is 28.2 Å². The van der Waals surface area contributed by atoms with Gasteiger partial charge in [-0.25, -0.2) is 0 Å². The zero-order valence-corrected chi connectivity index (χ0v) is 10.9. The molecule has 0 amide bonds. The van der Waals surface area contributed by atoms with Crippen molar-refractivity contribution in [2.75, 3.05) is 20.0 Å². The Bertz CT molecular complexity index is 576. The number of oxazole rings is 1. The number of benzene rings is 1. The molecule has 0 atom stereocenters. The molecule has 18 heavy (non-hydrogen) atoms. The van der Waals surface area contributed by atoms with Gasteiger partial charge in [-0.05, 0) is 31.0 Å². The molecule has 0 saturated heterocycles. The maximum absolute atomic E-state index is 5.50. The molecule has 0 bridgehead atoms. The molecular weight excluding hydrogens is 232 g/mol. The van der Waals surface area contributed by atoms with Gasteiger partial charge >= 0.3 is 0 Å². The minimum Gasteiger partial charge on any atom is -0.496 e. The number of aromatic nitrogens is 1. The van der Waals surface area contributed by atoms with Crippen LogP contribution in [0.15, 0.2) is 16.7 Å². The number of nitrogens with zero attached hydrogens (tertiary/aromatic N) is 1. The van der Waals surface area contributed by atoms with E-state index in [-0.39, 0.29) is 6.01 Å². The Morgan fingerprint density at radius 3 is 2.39 bits per heavy atom. The quantitative estimate of drug-likeness (QED) is 0.903. The molecule has 2 aromatic rings. The third-order valence-corrected chi connectivity index (χ3v) is 3.01. The third kappa shape index (κ3) is 1.88. The number of hydrogen-bond donors (Lipinski definition) is 1. The highest BCUT2D eigenvalue weighted by molar-refractivity contribution is 5.73. The van der Waals surface area contributed by atoms with Gasteiger partial charge in [0, 0.05) is 5.56 Å². The fraction of sp³-hybridized carbons (Fsp3) is 0.308. The molecule has 5 nitrogen and oxygen atoms in total. The number of ether oxygens (including phenoxy) is 2. The lowest BCUT2D eigenvalue weighted by Crippen LogP contribution is -1.98. The maximum Gasteiger partial charge on any atom is 0.292 e. The van der Waals surface area contributed by atoms with Crippen molar-refractivity contribution in [3.05, 3.63) is 23.5 Å². The van der Waals surface area contributed by atoms with Gasteiger partial charge in [0.2, 0.25) is 0 Å². The fourth-order valence-corrected chi connectivity index (χ4v) is 1.94. The summed E-state index contributed by atoms with van der Waals surface area (Å²) in [5.41, 5.74) is 8.97. The molecule has 0 radical (unpaired) electrons. The first-order chi connectivity index (χ1) is 8.58. The zero-order chi connectivity index (χ0) is 13.3. The minimum absolute atomic E-state index is 0.129. The minimum atomic E-state index is 0.129. The van der Waals surface area contributed by atoms with Crippen molar-refractivity contribution in [3.8, 4) is 22.8 Å². The first kappa shape index (κ1) is 12.3. The summed E-state index contributed by atoms with van der Waals surface area (Å²) in [5, 5.41) is 0. The summed E-state index contributed by atoms with van der Waals surface area (Å²) in [5.74, 6) is 1.53. The van der Waals surface area contributed by atoms with Crippen LogP contribution in [0.25, 0.3) is 11.3 Å². The van der Waals surface area contributed by atoms with Crippen LogP contribution >= 0.6 is 0 Å². The van der Waals surface area contributed by atoms with E-state index >= 15 is 0 Å². The van der Waals surface area contributed by atoms with E-state index in [1.54, 1.807) is 14.2 Å². The van der Waals surface area contributed by atoms with Crippen molar-refractivity contribution in [1.82, 2.24) is 4.98 Å². The van der Waals surface area contributed by atoms with Crippen LogP contribution in [0, 0.1) is 13.8 Å². The van der Waals surface area contributed by atoms with E-state index in [2.05, 4.69) is 4.98 Å². The van der Waals surface area contributed by atoms with Gasteiger partial charge in [-0.2, -0.15) is 4.98 Å². The average molecular weight is 248 g/mol. The number of methoxy groups -OCH3 is 2. The molecule has 0 spiro atoms. The number of nitrogens with two attached hydrogens (primary N) is 1. The lowest BCUT2D eigenvalue weighted by atomic mass is 10.0. The average Bonchev–Trinajstić information content (AvgIpc) is 2.79. The van der Waals surface area contributed by atoms with Gasteiger partial charge in [0.15, 0.2) is 0 Å². The highest BCUT2D eigenvalue weighted by Gasteiger charge is 2.17. The summed E-state index contributed by atoms with van der Waals surface area (Å²) in [4.78, 5) is 4.11. The maximum atomic E-state index is 5.50. The Hall–Kier alpha value is -2.17. The van der Waals surface area contributed by atoms with Gasteiger partial charge in [0.25, 0.3) is 6.01 Å². The Kier molecular flexibility index (Phi) is 3.14. The first-order valence-corrected chi connectivity index (χ1v) is 5.52. The second-order valence-corrected chi connectivity index (χ2v) is 3.98. The standard InChI is InChI=1S/C13H16N2O3/c1-7-8(2)12(17-4)9(5-11(7)16-3)10-6-18-13(14)15-10/h5-6H,1-4H3,(H2,14,15). The molecule has 96 valence electrons.